The number of aliphatic carboxylic acids is 1. The maximum absolute atomic E-state index is 11.7. The van der Waals surface area contributed by atoms with Crippen molar-refractivity contribution in [1.82, 2.24) is 0 Å². The molecule has 1 heterocycles. The Morgan fingerprint density at radius 1 is 1.19 bits per heavy atom. The summed E-state index contributed by atoms with van der Waals surface area (Å²) < 4.78 is 5.23. The van der Waals surface area contributed by atoms with Crippen LogP contribution in [0, 0.1) is 0 Å². The first-order chi connectivity index (χ1) is 10.2. The van der Waals surface area contributed by atoms with E-state index in [-0.39, 0.29) is 6.10 Å². The number of hydrogen-bond acceptors (Lipinski definition) is 2. The van der Waals surface area contributed by atoms with E-state index in [1.807, 2.05) is 24.3 Å². The van der Waals surface area contributed by atoms with Gasteiger partial charge < -0.3 is 9.84 Å². The Balaban J connectivity index is 1.79. The van der Waals surface area contributed by atoms with Crippen molar-refractivity contribution in [1.29, 1.82) is 0 Å². The molecule has 2 atom stereocenters. The number of rotatable bonds is 4. The number of carboxylic acids is 1. The summed E-state index contributed by atoms with van der Waals surface area (Å²) >= 11 is 0. The van der Waals surface area contributed by atoms with Gasteiger partial charge in [-0.1, -0.05) is 42.5 Å². The fourth-order valence-electron chi connectivity index (χ4n) is 3.34. The molecule has 0 amide bonds. The van der Waals surface area contributed by atoms with Gasteiger partial charge in [0.2, 0.25) is 0 Å². The second-order valence-corrected chi connectivity index (χ2v) is 5.79. The summed E-state index contributed by atoms with van der Waals surface area (Å²) in [5.41, 5.74) is 5.83. The largest absolute Gasteiger partial charge is 0.481 e. The molecule has 0 aromatic heterocycles. The average molecular weight is 280 g/mol. The standard InChI is InChI=1S/C18H16O3/c19-18(20)17(9-12-10-21-12)15-7-3-6-14-13-5-2-1-4-11(13)8-16(14)15/h1-7,12,17H,8-10H2,(H,19,20). The third-order valence-electron chi connectivity index (χ3n) is 4.46. The van der Waals surface area contributed by atoms with Crippen LogP contribution in [0.4, 0.5) is 0 Å². The molecule has 0 bridgehead atoms. The number of ether oxygens (including phenoxy) is 1. The first-order valence-electron chi connectivity index (χ1n) is 7.28. The van der Waals surface area contributed by atoms with E-state index in [9.17, 15) is 9.90 Å². The number of carbonyl (C=O) groups is 1. The zero-order chi connectivity index (χ0) is 14.4. The van der Waals surface area contributed by atoms with Crippen LogP contribution in [0.5, 0.6) is 0 Å². The lowest BCUT2D eigenvalue weighted by Gasteiger charge is -2.15. The smallest absolute Gasteiger partial charge is 0.311 e. The SMILES string of the molecule is O=C(O)C(CC1CO1)c1cccc2c1Cc1ccccc1-2. The molecule has 2 unspecified atom stereocenters. The van der Waals surface area contributed by atoms with Crippen LogP contribution in [0.2, 0.25) is 0 Å². The van der Waals surface area contributed by atoms with Crippen LogP contribution in [-0.2, 0) is 16.0 Å². The predicted octanol–water partition coefficient (Wildman–Crippen LogP) is 3.21. The molecule has 21 heavy (non-hydrogen) atoms. The molecule has 0 saturated carbocycles. The van der Waals surface area contributed by atoms with Crippen molar-refractivity contribution in [3.63, 3.8) is 0 Å². The number of fused-ring (bicyclic) bond motifs is 3. The Hall–Kier alpha value is -2.13. The van der Waals surface area contributed by atoms with Crippen LogP contribution in [0.3, 0.4) is 0 Å². The number of carboxylic acid groups (broad SMARTS) is 1. The molecule has 0 spiro atoms. The highest BCUT2D eigenvalue weighted by molar-refractivity contribution is 5.82. The Morgan fingerprint density at radius 3 is 2.71 bits per heavy atom. The van der Waals surface area contributed by atoms with Crippen molar-refractivity contribution in [2.75, 3.05) is 6.61 Å². The summed E-state index contributed by atoms with van der Waals surface area (Å²) in [6.07, 6.45) is 1.52. The first kappa shape index (κ1) is 12.6. The normalized spacial score (nSPS) is 19.7. The molecule has 1 aliphatic heterocycles. The number of benzene rings is 2. The predicted molar refractivity (Wildman–Crippen MR) is 79.4 cm³/mol. The van der Waals surface area contributed by atoms with Gasteiger partial charge in [-0.05, 0) is 40.7 Å². The lowest BCUT2D eigenvalue weighted by Crippen LogP contribution is -2.15. The Morgan fingerprint density at radius 2 is 1.95 bits per heavy atom. The van der Waals surface area contributed by atoms with E-state index in [2.05, 4.69) is 18.2 Å². The van der Waals surface area contributed by atoms with Gasteiger partial charge >= 0.3 is 5.97 Å². The van der Waals surface area contributed by atoms with E-state index >= 15 is 0 Å². The molecule has 3 nitrogen and oxygen atoms in total. The van der Waals surface area contributed by atoms with Gasteiger partial charge in [0, 0.05) is 0 Å². The fraction of sp³-hybridized carbons (Fsp3) is 0.278. The summed E-state index contributed by atoms with van der Waals surface area (Å²) in [5, 5.41) is 9.60. The van der Waals surface area contributed by atoms with Gasteiger partial charge in [-0.25, -0.2) is 0 Å². The second kappa shape index (κ2) is 4.71. The molecule has 2 aliphatic rings. The molecule has 2 aromatic rings. The Bertz CT molecular complexity index is 716. The average Bonchev–Trinajstić information content (AvgIpc) is 3.23. The van der Waals surface area contributed by atoms with E-state index < -0.39 is 11.9 Å². The minimum absolute atomic E-state index is 0.116. The lowest BCUT2D eigenvalue weighted by atomic mass is 9.88. The van der Waals surface area contributed by atoms with Crippen LogP contribution in [0.1, 0.15) is 29.0 Å². The Labute approximate surface area is 123 Å². The van der Waals surface area contributed by atoms with Crippen LogP contribution in [-0.4, -0.2) is 23.8 Å². The highest BCUT2D eigenvalue weighted by Gasteiger charge is 2.34. The molecule has 106 valence electrons. The topological polar surface area (TPSA) is 49.8 Å². The molecular formula is C18H16O3. The minimum Gasteiger partial charge on any atom is -0.481 e. The highest BCUT2D eigenvalue weighted by atomic mass is 16.6. The van der Waals surface area contributed by atoms with Crippen molar-refractivity contribution in [2.45, 2.75) is 24.9 Å². The zero-order valence-electron chi connectivity index (χ0n) is 11.6. The molecule has 1 N–H and O–H groups in total. The quantitative estimate of drug-likeness (QED) is 0.746. The fourth-order valence-corrected chi connectivity index (χ4v) is 3.34. The minimum atomic E-state index is -0.755. The highest BCUT2D eigenvalue weighted by Crippen LogP contribution is 2.41. The third-order valence-corrected chi connectivity index (χ3v) is 4.46. The Kier molecular flexibility index (Phi) is 2.82. The van der Waals surface area contributed by atoms with Crippen molar-refractivity contribution < 1.29 is 14.6 Å². The van der Waals surface area contributed by atoms with Gasteiger partial charge in [0.05, 0.1) is 18.6 Å². The van der Waals surface area contributed by atoms with E-state index in [4.69, 9.17) is 4.74 Å². The molecular weight excluding hydrogens is 264 g/mol. The number of hydrogen-bond donors (Lipinski definition) is 1. The van der Waals surface area contributed by atoms with E-state index in [1.165, 1.54) is 22.3 Å². The molecule has 1 fully saturated rings. The molecule has 4 rings (SSSR count). The third kappa shape index (κ3) is 2.14. The maximum Gasteiger partial charge on any atom is 0.311 e. The van der Waals surface area contributed by atoms with Gasteiger partial charge in [0.25, 0.3) is 0 Å². The van der Waals surface area contributed by atoms with Crippen molar-refractivity contribution in [2.24, 2.45) is 0 Å². The van der Waals surface area contributed by atoms with Crippen LogP contribution in [0.15, 0.2) is 42.5 Å². The zero-order valence-corrected chi connectivity index (χ0v) is 11.6. The van der Waals surface area contributed by atoms with Gasteiger partial charge in [0.15, 0.2) is 0 Å². The number of epoxide rings is 1. The van der Waals surface area contributed by atoms with Crippen LogP contribution in [0.25, 0.3) is 11.1 Å². The lowest BCUT2D eigenvalue weighted by molar-refractivity contribution is -0.139. The summed E-state index contributed by atoms with van der Waals surface area (Å²) in [7, 11) is 0. The van der Waals surface area contributed by atoms with Crippen molar-refractivity contribution in [3.8, 4) is 11.1 Å². The summed E-state index contributed by atoms with van der Waals surface area (Å²) in [5.74, 6) is -1.23. The summed E-state index contributed by atoms with van der Waals surface area (Å²) in [4.78, 5) is 11.7. The summed E-state index contributed by atoms with van der Waals surface area (Å²) in [6, 6.07) is 14.3. The van der Waals surface area contributed by atoms with Crippen LogP contribution < -0.4 is 0 Å². The molecule has 2 aromatic carbocycles. The molecule has 3 heteroatoms. The van der Waals surface area contributed by atoms with E-state index in [1.54, 1.807) is 0 Å². The van der Waals surface area contributed by atoms with Crippen LogP contribution >= 0.6 is 0 Å². The van der Waals surface area contributed by atoms with Gasteiger partial charge in [-0.2, -0.15) is 0 Å². The monoisotopic (exact) mass is 280 g/mol. The second-order valence-electron chi connectivity index (χ2n) is 5.79. The van der Waals surface area contributed by atoms with Gasteiger partial charge in [-0.3, -0.25) is 4.79 Å². The van der Waals surface area contributed by atoms with Crippen molar-refractivity contribution >= 4 is 5.97 Å². The molecule has 0 radical (unpaired) electrons. The molecule has 1 saturated heterocycles. The van der Waals surface area contributed by atoms with Gasteiger partial charge in [-0.15, -0.1) is 0 Å². The van der Waals surface area contributed by atoms with E-state index in [0.717, 1.165) is 12.0 Å². The van der Waals surface area contributed by atoms with E-state index in [0.29, 0.717) is 13.0 Å². The first-order valence-corrected chi connectivity index (χ1v) is 7.28. The van der Waals surface area contributed by atoms with Crippen molar-refractivity contribution in [3.05, 3.63) is 59.2 Å². The van der Waals surface area contributed by atoms with Gasteiger partial charge in [0.1, 0.15) is 0 Å². The maximum atomic E-state index is 11.7. The summed E-state index contributed by atoms with van der Waals surface area (Å²) in [6.45, 7) is 0.693. The molecule has 1 aliphatic carbocycles.